The van der Waals surface area contributed by atoms with E-state index in [9.17, 15) is 13.2 Å². The van der Waals surface area contributed by atoms with Crippen LogP contribution in [0.2, 0.25) is 5.02 Å². The molecule has 3 aromatic rings. The lowest BCUT2D eigenvalue weighted by atomic mass is 10.2. The van der Waals surface area contributed by atoms with Crippen LogP contribution in [0, 0.1) is 0 Å². The Kier molecular flexibility index (Phi) is 4.15. The summed E-state index contributed by atoms with van der Waals surface area (Å²) in [6, 6.07) is 8.88. The molecule has 1 heterocycles. The lowest BCUT2D eigenvalue weighted by Crippen LogP contribution is -2.17. The summed E-state index contributed by atoms with van der Waals surface area (Å²) in [5.41, 5.74) is 7.00. The Morgan fingerprint density at radius 2 is 1.96 bits per heavy atom. The number of hydrogen-bond acceptors (Lipinski definition) is 5. The fourth-order valence-electron chi connectivity index (χ4n) is 2.04. The topological polar surface area (TPSA) is 70.5 Å². The molecule has 0 spiro atoms. The fraction of sp³-hybridized carbons (Fsp3) is 0.133. The third-order valence-electron chi connectivity index (χ3n) is 3.10. The molecule has 0 fully saturated rings. The Balaban J connectivity index is 1.71. The van der Waals surface area contributed by atoms with Gasteiger partial charge in [0.25, 0.3) is 0 Å². The molecule has 0 saturated heterocycles. The molecule has 0 bridgehead atoms. The molecule has 0 saturated carbocycles. The van der Waals surface area contributed by atoms with E-state index in [-0.39, 0.29) is 17.4 Å². The van der Waals surface area contributed by atoms with Gasteiger partial charge in [0.15, 0.2) is 11.4 Å². The second-order valence-corrected chi connectivity index (χ2v) is 5.23. The molecule has 0 aliphatic carbocycles. The van der Waals surface area contributed by atoms with Crippen molar-refractivity contribution in [1.82, 2.24) is 5.16 Å². The first-order chi connectivity index (χ1) is 11.3. The minimum atomic E-state index is -4.81. The Bertz CT molecular complexity index is 880. The molecule has 0 unspecified atom stereocenters. The molecular formula is C15H10ClF3N2O3. The van der Waals surface area contributed by atoms with E-state index in [1.807, 2.05) is 0 Å². The Morgan fingerprint density at radius 1 is 1.17 bits per heavy atom. The minimum absolute atomic E-state index is 0.163. The van der Waals surface area contributed by atoms with Gasteiger partial charge in [0.05, 0.1) is 10.4 Å². The van der Waals surface area contributed by atoms with Gasteiger partial charge in [0.1, 0.15) is 18.1 Å². The number of aromatic nitrogens is 1. The molecule has 0 atom stereocenters. The number of halogens is 4. The van der Waals surface area contributed by atoms with E-state index >= 15 is 0 Å². The highest BCUT2D eigenvalue weighted by atomic mass is 35.5. The number of nitrogens with two attached hydrogens (primary N) is 1. The molecule has 126 valence electrons. The maximum atomic E-state index is 12.2. The smallest absolute Gasteiger partial charge is 0.489 e. The van der Waals surface area contributed by atoms with E-state index in [1.54, 1.807) is 18.2 Å². The van der Waals surface area contributed by atoms with Gasteiger partial charge in [-0.1, -0.05) is 22.8 Å². The van der Waals surface area contributed by atoms with Crippen LogP contribution in [0.25, 0.3) is 11.0 Å². The third kappa shape index (κ3) is 3.65. The molecule has 0 amide bonds. The van der Waals surface area contributed by atoms with Crippen molar-refractivity contribution >= 4 is 28.4 Å². The monoisotopic (exact) mass is 358 g/mol. The van der Waals surface area contributed by atoms with Crippen LogP contribution < -0.4 is 15.2 Å². The highest BCUT2D eigenvalue weighted by Crippen LogP contribution is 2.33. The standard InChI is InChI=1S/C15H10ClF3N2O3/c16-11-6-9(2-4-13(11)23-15(17,18)19)22-7-8-1-3-12-10(5-8)14(20)21-24-12/h1-6H,7H2,(H2,20,21). The summed E-state index contributed by atoms with van der Waals surface area (Å²) in [5, 5.41) is 4.09. The Morgan fingerprint density at radius 3 is 2.67 bits per heavy atom. The van der Waals surface area contributed by atoms with Gasteiger partial charge in [0.2, 0.25) is 0 Å². The molecular weight excluding hydrogens is 349 g/mol. The summed E-state index contributed by atoms with van der Waals surface area (Å²) in [5.74, 6) is 0.0756. The van der Waals surface area contributed by atoms with E-state index in [2.05, 4.69) is 9.89 Å². The number of benzene rings is 2. The van der Waals surface area contributed by atoms with Gasteiger partial charge >= 0.3 is 6.36 Å². The fourth-order valence-corrected chi connectivity index (χ4v) is 2.25. The van der Waals surface area contributed by atoms with Gasteiger partial charge < -0.3 is 19.7 Å². The van der Waals surface area contributed by atoms with E-state index in [0.717, 1.165) is 11.6 Å². The van der Waals surface area contributed by atoms with Gasteiger partial charge in [-0.3, -0.25) is 0 Å². The van der Waals surface area contributed by atoms with Crippen LogP contribution in [0.3, 0.4) is 0 Å². The zero-order valence-electron chi connectivity index (χ0n) is 11.9. The number of rotatable bonds is 4. The van der Waals surface area contributed by atoms with Gasteiger partial charge in [0, 0.05) is 6.07 Å². The number of fused-ring (bicyclic) bond motifs is 1. The quantitative estimate of drug-likeness (QED) is 0.741. The van der Waals surface area contributed by atoms with E-state index in [1.165, 1.54) is 12.1 Å². The number of nitrogen functional groups attached to an aromatic ring is 1. The van der Waals surface area contributed by atoms with E-state index < -0.39 is 12.1 Å². The lowest BCUT2D eigenvalue weighted by Gasteiger charge is -2.12. The molecule has 2 N–H and O–H groups in total. The average molecular weight is 359 g/mol. The molecule has 0 aliphatic heterocycles. The normalized spacial score (nSPS) is 11.7. The largest absolute Gasteiger partial charge is 0.573 e. The number of anilines is 1. The molecule has 3 rings (SSSR count). The molecule has 5 nitrogen and oxygen atoms in total. The Labute approximate surface area is 138 Å². The van der Waals surface area contributed by atoms with Crippen LogP contribution in [0.4, 0.5) is 19.0 Å². The van der Waals surface area contributed by atoms with Crippen LogP contribution >= 0.6 is 11.6 Å². The summed E-state index contributed by atoms with van der Waals surface area (Å²) in [4.78, 5) is 0. The summed E-state index contributed by atoms with van der Waals surface area (Å²) >= 11 is 5.76. The first-order valence-electron chi connectivity index (χ1n) is 6.64. The molecule has 0 radical (unpaired) electrons. The second-order valence-electron chi connectivity index (χ2n) is 4.83. The molecule has 2 aromatic carbocycles. The van der Waals surface area contributed by atoms with Gasteiger partial charge in [-0.15, -0.1) is 13.2 Å². The van der Waals surface area contributed by atoms with Crippen LogP contribution in [0.5, 0.6) is 11.5 Å². The number of ether oxygens (including phenoxy) is 2. The zero-order valence-corrected chi connectivity index (χ0v) is 12.7. The molecule has 9 heteroatoms. The number of alkyl halides is 3. The summed E-state index contributed by atoms with van der Waals surface area (Å²) < 4.78 is 50.9. The van der Waals surface area contributed by atoms with Crippen LogP contribution in [-0.4, -0.2) is 11.5 Å². The summed E-state index contributed by atoms with van der Waals surface area (Å²) in [6.45, 7) is 0.163. The number of nitrogens with zero attached hydrogens (tertiary/aromatic N) is 1. The summed E-state index contributed by atoms with van der Waals surface area (Å²) in [6.07, 6.45) is -4.81. The van der Waals surface area contributed by atoms with Crippen molar-refractivity contribution in [3.8, 4) is 11.5 Å². The van der Waals surface area contributed by atoms with Crippen molar-refractivity contribution in [2.45, 2.75) is 13.0 Å². The number of hydrogen-bond donors (Lipinski definition) is 1. The molecule has 24 heavy (non-hydrogen) atoms. The van der Waals surface area contributed by atoms with Crippen molar-refractivity contribution in [3.63, 3.8) is 0 Å². The zero-order chi connectivity index (χ0) is 17.3. The maximum absolute atomic E-state index is 12.2. The van der Waals surface area contributed by atoms with Crippen LogP contribution in [-0.2, 0) is 6.61 Å². The van der Waals surface area contributed by atoms with Crippen molar-refractivity contribution in [2.24, 2.45) is 0 Å². The third-order valence-corrected chi connectivity index (χ3v) is 3.39. The van der Waals surface area contributed by atoms with Crippen LogP contribution in [0.15, 0.2) is 40.9 Å². The van der Waals surface area contributed by atoms with Gasteiger partial charge in [-0.2, -0.15) is 0 Å². The van der Waals surface area contributed by atoms with Crippen LogP contribution in [0.1, 0.15) is 5.56 Å². The van der Waals surface area contributed by atoms with Gasteiger partial charge in [-0.05, 0) is 29.8 Å². The lowest BCUT2D eigenvalue weighted by molar-refractivity contribution is -0.274. The van der Waals surface area contributed by atoms with E-state index in [4.69, 9.17) is 26.6 Å². The predicted molar refractivity (Wildman–Crippen MR) is 80.9 cm³/mol. The summed E-state index contributed by atoms with van der Waals surface area (Å²) in [7, 11) is 0. The predicted octanol–water partition coefficient (Wildman–Crippen LogP) is 4.54. The average Bonchev–Trinajstić information content (AvgIpc) is 2.87. The SMILES string of the molecule is Nc1noc2ccc(COc3ccc(OC(F)(F)F)c(Cl)c3)cc12. The molecule has 1 aromatic heterocycles. The first kappa shape index (κ1) is 16.3. The van der Waals surface area contributed by atoms with Gasteiger partial charge in [-0.25, -0.2) is 0 Å². The highest BCUT2D eigenvalue weighted by molar-refractivity contribution is 6.32. The Hall–Kier alpha value is -2.61. The highest BCUT2D eigenvalue weighted by Gasteiger charge is 2.32. The van der Waals surface area contributed by atoms with E-state index in [0.29, 0.717) is 16.7 Å². The van der Waals surface area contributed by atoms with Crippen molar-refractivity contribution in [2.75, 3.05) is 5.73 Å². The minimum Gasteiger partial charge on any atom is -0.489 e. The first-order valence-corrected chi connectivity index (χ1v) is 7.01. The van der Waals surface area contributed by atoms with Crippen molar-refractivity contribution in [1.29, 1.82) is 0 Å². The second kappa shape index (κ2) is 6.12. The van der Waals surface area contributed by atoms with Crippen molar-refractivity contribution < 1.29 is 27.2 Å². The maximum Gasteiger partial charge on any atom is 0.573 e. The van der Waals surface area contributed by atoms with Crippen molar-refractivity contribution in [3.05, 3.63) is 47.0 Å². The molecule has 0 aliphatic rings.